The normalized spacial score (nSPS) is 12.4. The highest BCUT2D eigenvalue weighted by atomic mass is 35.5. The number of rotatable bonds is 6. The number of nitrogens with one attached hydrogen (secondary N) is 1. The molecule has 0 saturated carbocycles. The van der Waals surface area contributed by atoms with Crippen molar-refractivity contribution >= 4 is 11.6 Å². The number of hydrogen-bond donors (Lipinski definition) is 1. The van der Waals surface area contributed by atoms with E-state index in [9.17, 15) is 0 Å². The summed E-state index contributed by atoms with van der Waals surface area (Å²) in [5, 5.41) is 4.17. The maximum atomic E-state index is 6.05. The van der Waals surface area contributed by atoms with Crippen LogP contribution in [0.4, 0.5) is 0 Å². The minimum atomic E-state index is 0.179. The molecule has 0 aromatic heterocycles. The minimum Gasteiger partial charge on any atom is -0.384 e. The molecule has 1 atom stereocenters. The third-order valence-electron chi connectivity index (χ3n) is 3.74. The third-order valence-corrected chi connectivity index (χ3v) is 3.97. The molecule has 0 aliphatic heterocycles. The first kappa shape index (κ1) is 16.0. The molecule has 0 amide bonds. The molecule has 21 heavy (non-hydrogen) atoms. The van der Waals surface area contributed by atoms with Gasteiger partial charge in [-0.3, -0.25) is 0 Å². The maximum Gasteiger partial charge on any atom is 0.0576 e. The van der Waals surface area contributed by atoms with Gasteiger partial charge in [0.1, 0.15) is 0 Å². The fourth-order valence-corrected chi connectivity index (χ4v) is 2.79. The van der Waals surface area contributed by atoms with E-state index >= 15 is 0 Å². The van der Waals surface area contributed by atoms with Crippen molar-refractivity contribution in [1.82, 2.24) is 5.32 Å². The van der Waals surface area contributed by atoms with Crippen LogP contribution in [0.2, 0.25) is 5.02 Å². The lowest BCUT2D eigenvalue weighted by Crippen LogP contribution is -2.18. The van der Waals surface area contributed by atoms with Crippen LogP contribution in [0.15, 0.2) is 42.5 Å². The predicted octanol–water partition coefficient (Wildman–Crippen LogP) is 4.15. The zero-order valence-electron chi connectivity index (χ0n) is 12.8. The predicted molar refractivity (Wildman–Crippen MR) is 89.1 cm³/mol. The lowest BCUT2D eigenvalue weighted by Gasteiger charge is -2.20. The molecule has 0 bridgehead atoms. The summed E-state index contributed by atoms with van der Waals surface area (Å²) in [7, 11) is 3.71. The molecule has 0 radical (unpaired) electrons. The Hall–Kier alpha value is -1.35. The molecule has 2 aromatic rings. The van der Waals surface area contributed by atoms with Crippen molar-refractivity contribution in [2.45, 2.75) is 19.4 Å². The quantitative estimate of drug-likeness (QED) is 0.866. The van der Waals surface area contributed by atoms with Gasteiger partial charge in [0.05, 0.1) is 12.6 Å². The molecule has 112 valence electrons. The fraction of sp³-hybridized carbons (Fsp3) is 0.333. The van der Waals surface area contributed by atoms with E-state index in [4.69, 9.17) is 16.3 Å². The summed E-state index contributed by atoms with van der Waals surface area (Å²) < 4.78 is 5.12. The summed E-state index contributed by atoms with van der Waals surface area (Å²) in [5.41, 5.74) is 5.00. The van der Waals surface area contributed by atoms with E-state index in [0.29, 0.717) is 0 Å². The second-order valence-corrected chi connectivity index (χ2v) is 5.64. The Kier molecular flexibility index (Phi) is 5.80. The van der Waals surface area contributed by atoms with Gasteiger partial charge in [-0.2, -0.15) is 0 Å². The lowest BCUT2D eigenvalue weighted by molar-refractivity contribution is 0.202. The van der Waals surface area contributed by atoms with E-state index in [-0.39, 0.29) is 6.04 Å². The molecule has 0 aliphatic rings. The van der Waals surface area contributed by atoms with Crippen molar-refractivity contribution in [2.24, 2.45) is 0 Å². The van der Waals surface area contributed by atoms with Crippen LogP contribution in [0, 0.1) is 6.92 Å². The minimum absolute atomic E-state index is 0.179. The van der Waals surface area contributed by atoms with Gasteiger partial charge in [0.25, 0.3) is 0 Å². The van der Waals surface area contributed by atoms with E-state index in [1.54, 1.807) is 7.11 Å². The Morgan fingerprint density at radius 3 is 2.43 bits per heavy atom. The van der Waals surface area contributed by atoms with Crippen molar-refractivity contribution in [1.29, 1.82) is 0 Å². The second kappa shape index (κ2) is 7.60. The fourth-order valence-electron chi connectivity index (χ4n) is 2.56. The van der Waals surface area contributed by atoms with Gasteiger partial charge in [0, 0.05) is 12.1 Å². The highest BCUT2D eigenvalue weighted by Gasteiger charge is 2.14. The van der Waals surface area contributed by atoms with E-state index in [1.165, 1.54) is 22.3 Å². The Labute approximate surface area is 132 Å². The van der Waals surface area contributed by atoms with Crippen molar-refractivity contribution in [3.63, 3.8) is 0 Å². The smallest absolute Gasteiger partial charge is 0.0576 e. The molecule has 1 unspecified atom stereocenters. The zero-order chi connectivity index (χ0) is 15.2. The third kappa shape index (κ3) is 4.07. The molecule has 0 aliphatic carbocycles. The SMILES string of the molecule is CNC(c1ccc(CCOC)cc1)c1ccc(Cl)cc1C. The number of hydrogen-bond acceptors (Lipinski definition) is 2. The molecular weight excluding hydrogens is 282 g/mol. The van der Waals surface area contributed by atoms with Gasteiger partial charge in [0.2, 0.25) is 0 Å². The van der Waals surface area contributed by atoms with E-state index in [2.05, 4.69) is 42.6 Å². The van der Waals surface area contributed by atoms with E-state index in [0.717, 1.165) is 18.1 Å². The highest BCUT2D eigenvalue weighted by molar-refractivity contribution is 6.30. The second-order valence-electron chi connectivity index (χ2n) is 5.21. The van der Waals surface area contributed by atoms with Crippen LogP contribution in [-0.2, 0) is 11.2 Å². The lowest BCUT2D eigenvalue weighted by atomic mass is 9.94. The van der Waals surface area contributed by atoms with Gasteiger partial charge < -0.3 is 10.1 Å². The van der Waals surface area contributed by atoms with Gasteiger partial charge in [-0.25, -0.2) is 0 Å². The maximum absolute atomic E-state index is 6.05. The largest absolute Gasteiger partial charge is 0.384 e. The van der Waals surface area contributed by atoms with Crippen LogP contribution < -0.4 is 5.32 Å². The average Bonchev–Trinajstić information content (AvgIpc) is 2.49. The van der Waals surface area contributed by atoms with Crippen LogP contribution in [-0.4, -0.2) is 20.8 Å². The summed E-state index contributed by atoms with van der Waals surface area (Å²) in [4.78, 5) is 0. The Bertz CT molecular complexity index is 580. The molecule has 1 N–H and O–H groups in total. The zero-order valence-corrected chi connectivity index (χ0v) is 13.6. The standard InChI is InChI=1S/C18H22ClNO/c1-13-12-16(19)8-9-17(13)18(20-2)15-6-4-14(5-7-15)10-11-21-3/h4-9,12,18,20H,10-11H2,1-3H3. The van der Waals surface area contributed by atoms with Crippen molar-refractivity contribution in [3.05, 3.63) is 69.7 Å². The van der Waals surface area contributed by atoms with Crippen molar-refractivity contribution in [3.8, 4) is 0 Å². The number of aryl methyl sites for hydroxylation is 1. The van der Waals surface area contributed by atoms with Crippen LogP contribution in [0.5, 0.6) is 0 Å². The summed E-state index contributed by atoms with van der Waals surface area (Å²) in [5.74, 6) is 0. The Balaban J connectivity index is 2.24. The average molecular weight is 304 g/mol. The molecule has 0 saturated heterocycles. The van der Waals surface area contributed by atoms with Gasteiger partial charge in [-0.15, -0.1) is 0 Å². The monoisotopic (exact) mass is 303 g/mol. The Morgan fingerprint density at radius 1 is 1.14 bits per heavy atom. The first-order valence-corrected chi connectivity index (χ1v) is 7.54. The topological polar surface area (TPSA) is 21.3 Å². The molecule has 0 fully saturated rings. The highest BCUT2D eigenvalue weighted by Crippen LogP contribution is 2.27. The molecule has 2 nitrogen and oxygen atoms in total. The molecule has 2 rings (SSSR count). The molecule has 3 heteroatoms. The number of halogens is 1. The van der Waals surface area contributed by atoms with Crippen LogP contribution >= 0.6 is 11.6 Å². The summed E-state index contributed by atoms with van der Waals surface area (Å²) in [6, 6.07) is 14.9. The van der Waals surface area contributed by atoms with Crippen molar-refractivity contribution < 1.29 is 4.74 Å². The van der Waals surface area contributed by atoms with Gasteiger partial charge >= 0.3 is 0 Å². The Morgan fingerprint density at radius 2 is 1.86 bits per heavy atom. The number of benzene rings is 2. The first-order valence-electron chi connectivity index (χ1n) is 7.16. The van der Waals surface area contributed by atoms with E-state index in [1.807, 2.05) is 19.2 Å². The molecule has 0 heterocycles. The van der Waals surface area contributed by atoms with Crippen LogP contribution in [0.1, 0.15) is 28.3 Å². The van der Waals surface area contributed by atoms with Crippen LogP contribution in [0.25, 0.3) is 0 Å². The van der Waals surface area contributed by atoms with Gasteiger partial charge in [-0.1, -0.05) is 41.9 Å². The van der Waals surface area contributed by atoms with Crippen molar-refractivity contribution in [2.75, 3.05) is 20.8 Å². The first-order chi connectivity index (χ1) is 10.2. The number of ether oxygens (including phenoxy) is 1. The molecular formula is C18H22ClNO. The van der Waals surface area contributed by atoms with Gasteiger partial charge in [0.15, 0.2) is 0 Å². The van der Waals surface area contributed by atoms with Gasteiger partial charge in [-0.05, 0) is 54.8 Å². The summed E-state index contributed by atoms with van der Waals surface area (Å²) in [6.07, 6.45) is 0.945. The summed E-state index contributed by atoms with van der Waals surface area (Å²) in [6.45, 7) is 2.85. The summed E-state index contributed by atoms with van der Waals surface area (Å²) >= 11 is 6.05. The molecule has 0 spiro atoms. The van der Waals surface area contributed by atoms with Crippen LogP contribution in [0.3, 0.4) is 0 Å². The van der Waals surface area contributed by atoms with E-state index < -0.39 is 0 Å². The molecule has 2 aromatic carbocycles. The number of methoxy groups -OCH3 is 1.